The SMILES string of the molecule is Cn1cc(S(=O)(=O)N2CCCCC2)cc1C(=O)NCc1ccccc1Cl. The van der Waals surface area contributed by atoms with Crippen LogP contribution in [0.1, 0.15) is 35.3 Å². The monoisotopic (exact) mass is 395 g/mol. The molecule has 1 fully saturated rings. The molecule has 0 unspecified atom stereocenters. The zero-order chi connectivity index (χ0) is 18.7. The Bertz CT molecular complexity index is 902. The molecule has 0 radical (unpaired) electrons. The number of nitrogens with zero attached hydrogens (tertiary/aromatic N) is 2. The molecule has 6 nitrogen and oxygen atoms in total. The first-order chi connectivity index (χ1) is 12.4. The van der Waals surface area contributed by atoms with Crippen molar-refractivity contribution in [3.05, 3.63) is 52.8 Å². The summed E-state index contributed by atoms with van der Waals surface area (Å²) in [4.78, 5) is 12.6. The minimum absolute atomic E-state index is 0.157. The number of sulfonamides is 1. The van der Waals surface area contributed by atoms with E-state index in [0.29, 0.717) is 23.8 Å². The van der Waals surface area contributed by atoms with Gasteiger partial charge in [0.1, 0.15) is 10.6 Å². The molecule has 1 saturated heterocycles. The Morgan fingerprint density at radius 3 is 2.58 bits per heavy atom. The number of hydrogen-bond donors (Lipinski definition) is 1. The van der Waals surface area contributed by atoms with Crippen LogP contribution >= 0.6 is 11.6 Å². The molecule has 26 heavy (non-hydrogen) atoms. The van der Waals surface area contributed by atoms with E-state index in [0.717, 1.165) is 24.8 Å². The Balaban J connectivity index is 1.75. The maximum atomic E-state index is 12.8. The van der Waals surface area contributed by atoms with Crippen LogP contribution in [-0.4, -0.2) is 36.3 Å². The number of benzene rings is 1. The standard InChI is InChI=1S/C18H22ClN3O3S/c1-21-13-15(26(24,25)22-9-5-2-6-10-22)11-17(21)18(23)20-12-14-7-3-4-8-16(14)19/h3-4,7-8,11,13H,2,5-6,9-10,12H2,1H3,(H,20,23). The number of piperidine rings is 1. The minimum Gasteiger partial charge on any atom is -0.347 e. The summed E-state index contributed by atoms with van der Waals surface area (Å²) in [5, 5.41) is 3.37. The molecule has 0 saturated carbocycles. The number of aromatic nitrogens is 1. The van der Waals surface area contributed by atoms with Crippen LogP contribution in [-0.2, 0) is 23.6 Å². The van der Waals surface area contributed by atoms with Gasteiger partial charge in [0.25, 0.3) is 5.91 Å². The van der Waals surface area contributed by atoms with Gasteiger partial charge in [-0.3, -0.25) is 4.79 Å². The van der Waals surface area contributed by atoms with Gasteiger partial charge in [-0.2, -0.15) is 4.31 Å². The third kappa shape index (κ3) is 3.95. The maximum Gasteiger partial charge on any atom is 0.268 e. The van der Waals surface area contributed by atoms with Crippen LogP contribution in [0, 0.1) is 0 Å². The smallest absolute Gasteiger partial charge is 0.268 e. The van der Waals surface area contributed by atoms with Crippen molar-refractivity contribution >= 4 is 27.5 Å². The van der Waals surface area contributed by atoms with Gasteiger partial charge in [-0.1, -0.05) is 36.2 Å². The summed E-state index contributed by atoms with van der Waals surface area (Å²) >= 11 is 6.09. The summed E-state index contributed by atoms with van der Waals surface area (Å²) in [6, 6.07) is 8.70. The first kappa shape index (κ1) is 18.9. The van der Waals surface area contributed by atoms with E-state index in [1.54, 1.807) is 17.7 Å². The van der Waals surface area contributed by atoms with Crippen molar-refractivity contribution in [2.24, 2.45) is 7.05 Å². The number of nitrogens with one attached hydrogen (secondary N) is 1. The molecular formula is C18H22ClN3O3S. The molecule has 3 rings (SSSR count). The molecule has 2 heterocycles. The number of hydrogen-bond acceptors (Lipinski definition) is 3. The van der Waals surface area contributed by atoms with Crippen molar-refractivity contribution in [2.75, 3.05) is 13.1 Å². The molecule has 2 aromatic rings. The molecule has 1 aromatic heterocycles. The first-order valence-corrected chi connectivity index (χ1v) is 10.4. The van der Waals surface area contributed by atoms with Gasteiger partial charge in [-0.05, 0) is 30.5 Å². The van der Waals surface area contributed by atoms with Gasteiger partial charge in [-0.25, -0.2) is 8.42 Å². The second-order valence-electron chi connectivity index (χ2n) is 6.41. The summed E-state index contributed by atoms with van der Waals surface area (Å²) < 4.78 is 28.6. The zero-order valence-electron chi connectivity index (χ0n) is 14.6. The summed E-state index contributed by atoms with van der Waals surface area (Å²) in [5.74, 6) is -0.340. The first-order valence-electron chi connectivity index (χ1n) is 8.58. The van der Waals surface area contributed by atoms with E-state index < -0.39 is 10.0 Å². The molecule has 1 aliphatic heterocycles. The Morgan fingerprint density at radius 1 is 1.19 bits per heavy atom. The van der Waals surface area contributed by atoms with Crippen LogP contribution in [0.25, 0.3) is 0 Å². The van der Waals surface area contributed by atoms with Crippen LogP contribution in [0.4, 0.5) is 0 Å². The van der Waals surface area contributed by atoms with Crippen molar-refractivity contribution < 1.29 is 13.2 Å². The molecule has 140 valence electrons. The minimum atomic E-state index is -3.56. The topological polar surface area (TPSA) is 71.4 Å². The fourth-order valence-electron chi connectivity index (χ4n) is 3.06. The molecule has 1 amide bonds. The average Bonchev–Trinajstić information content (AvgIpc) is 3.04. The quantitative estimate of drug-likeness (QED) is 0.846. The largest absolute Gasteiger partial charge is 0.347 e. The third-order valence-corrected chi connectivity index (χ3v) is 6.80. The second kappa shape index (κ2) is 7.82. The zero-order valence-corrected chi connectivity index (χ0v) is 16.2. The van der Waals surface area contributed by atoms with Gasteiger partial charge in [0, 0.05) is 37.9 Å². The van der Waals surface area contributed by atoms with Crippen LogP contribution < -0.4 is 5.32 Å². The Hall–Kier alpha value is -1.83. The van der Waals surface area contributed by atoms with Gasteiger partial charge in [-0.15, -0.1) is 0 Å². The molecule has 0 atom stereocenters. The summed E-state index contributed by atoms with van der Waals surface area (Å²) in [6.07, 6.45) is 4.29. The normalized spacial score (nSPS) is 15.8. The second-order valence-corrected chi connectivity index (χ2v) is 8.76. The van der Waals surface area contributed by atoms with Crippen molar-refractivity contribution in [2.45, 2.75) is 30.7 Å². The van der Waals surface area contributed by atoms with Crippen molar-refractivity contribution in [3.8, 4) is 0 Å². The lowest BCUT2D eigenvalue weighted by Crippen LogP contribution is -2.35. The molecule has 0 aliphatic carbocycles. The number of amides is 1. The highest BCUT2D eigenvalue weighted by atomic mass is 35.5. The maximum absolute atomic E-state index is 12.8. The molecule has 1 N–H and O–H groups in total. The van der Waals surface area contributed by atoms with Gasteiger partial charge < -0.3 is 9.88 Å². The van der Waals surface area contributed by atoms with Crippen LogP contribution in [0.2, 0.25) is 5.02 Å². The lowest BCUT2D eigenvalue weighted by atomic mass is 10.2. The Labute approximate surface area is 158 Å². The van der Waals surface area contributed by atoms with E-state index in [9.17, 15) is 13.2 Å². The van der Waals surface area contributed by atoms with E-state index in [4.69, 9.17) is 11.6 Å². The lowest BCUT2D eigenvalue weighted by molar-refractivity contribution is 0.0943. The molecule has 8 heteroatoms. The van der Waals surface area contributed by atoms with E-state index in [1.807, 2.05) is 18.2 Å². The lowest BCUT2D eigenvalue weighted by Gasteiger charge is -2.25. The highest BCUT2D eigenvalue weighted by Gasteiger charge is 2.28. The molecule has 0 spiro atoms. The molecular weight excluding hydrogens is 374 g/mol. The van der Waals surface area contributed by atoms with Gasteiger partial charge in [0.15, 0.2) is 0 Å². The number of rotatable bonds is 5. The van der Waals surface area contributed by atoms with Gasteiger partial charge in [0.05, 0.1) is 0 Å². The Kier molecular flexibility index (Phi) is 5.70. The fourth-order valence-corrected chi connectivity index (χ4v) is 4.85. The summed E-state index contributed by atoms with van der Waals surface area (Å²) in [5.41, 5.74) is 1.10. The van der Waals surface area contributed by atoms with Crippen LogP contribution in [0.5, 0.6) is 0 Å². The van der Waals surface area contributed by atoms with E-state index in [-0.39, 0.29) is 17.3 Å². The highest BCUT2D eigenvalue weighted by molar-refractivity contribution is 7.89. The predicted molar refractivity (Wildman–Crippen MR) is 101 cm³/mol. The van der Waals surface area contributed by atoms with Crippen LogP contribution in [0.3, 0.4) is 0 Å². The predicted octanol–water partition coefficient (Wildman–Crippen LogP) is 2.78. The number of halogens is 1. The van der Waals surface area contributed by atoms with Crippen molar-refractivity contribution in [1.29, 1.82) is 0 Å². The van der Waals surface area contributed by atoms with Gasteiger partial charge in [0.2, 0.25) is 10.0 Å². The molecule has 0 bridgehead atoms. The molecule has 1 aromatic carbocycles. The van der Waals surface area contributed by atoms with Gasteiger partial charge >= 0.3 is 0 Å². The van der Waals surface area contributed by atoms with Crippen LogP contribution in [0.15, 0.2) is 41.4 Å². The van der Waals surface area contributed by atoms with E-state index in [1.165, 1.54) is 16.6 Å². The van der Waals surface area contributed by atoms with Crippen molar-refractivity contribution in [1.82, 2.24) is 14.2 Å². The van der Waals surface area contributed by atoms with Crippen molar-refractivity contribution in [3.63, 3.8) is 0 Å². The summed E-state index contributed by atoms with van der Waals surface area (Å²) in [6.45, 7) is 1.34. The number of aryl methyl sites for hydroxylation is 1. The average molecular weight is 396 g/mol. The van der Waals surface area contributed by atoms with E-state index in [2.05, 4.69) is 5.32 Å². The molecule has 1 aliphatic rings. The fraction of sp³-hybridized carbons (Fsp3) is 0.389. The summed E-state index contributed by atoms with van der Waals surface area (Å²) in [7, 11) is -1.89. The van der Waals surface area contributed by atoms with E-state index >= 15 is 0 Å². The number of carbonyl (C=O) groups excluding carboxylic acids is 1. The highest BCUT2D eigenvalue weighted by Crippen LogP contribution is 2.22. The number of carbonyl (C=O) groups is 1. The Morgan fingerprint density at radius 2 is 1.88 bits per heavy atom. The third-order valence-electron chi connectivity index (χ3n) is 4.56.